The number of aryl methyl sites for hydroxylation is 1. The Morgan fingerprint density at radius 2 is 2.18 bits per heavy atom. The highest BCUT2D eigenvalue weighted by atomic mass is 16.5. The number of methoxy groups -OCH3 is 1. The second-order valence-electron chi connectivity index (χ2n) is 5.23. The van der Waals surface area contributed by atoms with E-state index in [0.717, 1.165) is 22.0 Å². The summed E-state index contributed by atoms with van der Waals surface area (Å²) >= 11 is 0. The van der Waals surface area contributed by atoms with Crippen LogP contribution in [0.4, 0.5) is 0 Å². The number of fused-ring (bicyclic) bond motifs is 1. The maximum Gasteiger partial charge on any atom is 0.326 e. The zero-order valence-electron chi connectivity index (χ0n) is 12.7. The van der Waals surface area contributed by atoms with Crippen molar-refractivity contribution in [2.24, 2.45) is 0 Å². The SMILES string of the molecule is COCCC(NC(=O)Cc1c[nH]c2cccc(C)c12)C(=O)O. The monoisotopic (exact) mass is 304 g/mol. The first-order valence-corrected chi connectivity index (χ1v) is 7.09. The number of rotatable bonds is 7. The molecule has 0 aliphatic heterocycles. The fourth-order valence-corrected chi connectivity index (χ4v) is 2.50. The molecular weight excluding hydrogens is 284 g/mol. The van der Waals surface area contributed by atoms with Gasteiger partial charge < -0.3 is 20.1 Å². The fourth-order valence-electron chi connectivity index (χ4n) is 2.50. The van der Waals surface area contributed by atoms with E-state index in [4.69, 9.17) is 9.84 Å². The number of amides is 1. The lowest BCUT2D eigenvalue weighted by atomic mass is 10.0. The molecule has 3 N–H and O–H groups in total. The van der Waals surface area contributed by atoms with E-state index in [9.17, 15) is 9.59 Å². The number of aliphatic carboxylic acids is 1. The molecule has 22 heavy (non-hydrogen) atoms. The van der Waals surface area contributed by atoms with Crippen molar-refractivity contribution < 1.29 is 19.4 Å². The number of carboxylic acids is 1. The maximum absolute atomic E-state index is 12.1. The van der Waals surface area contributed by atoms with E-state index in [1.54, 1.807) is 6.20 Å². The first kappa shape index (κ1) is 16.0. The topological polar surface area (TPSA) is 91.4 Å². The molecule has 1 heterocycles. The fraction of sp³-hybridized carbons (Fsp3) is 0.375. The minimum absolute atomic E-state index is 0.140. The molecule has 1 atom stereocenters. The molecule has 0 radical (unpaired) electrons. The Morgan fingerprint density at radius 3 is 2.86 bits per heavy atom. The molecule has 0 bridgehead atoms. The smallest absolute Gasteiger partial charge is 0.326 e. The summed E-state index contributed by atoms with van der Waals surface area (Å²) in [4.78, 5) is 26.4. The van der Waals surface area contributed by atoms with E-state index in [2.05, 4.69) is 10.3 Å². The molecule has 0 aliphatic carbocycles. The summed E-state index contributed by atoms with van der Waals surface area (Å²) in [5.74, 6) is -1.37. The minimum Gasteiger partial charge on any atom is -0.480 e. The van der Waals surface area contributed by atoms with Crippen LogP contribution >= 0.6 is 0 Å². The van der Waals surface area contributed by atoms with Gasteiger partial charge in [0.15, 0.2) is 0 Å². The van der Waals surface area contributed by atoms with Crippen molar-refractivity contribution in [1.29, 1.82) is 0 Å². The van der Waals surface area contributed by atoms with Crippen molar-refractivity contribution in [2.45, 2.75) is 25.8 Å². The van der Waals surface area contributed by atoms with Gasteiger partial charge in [0, 0.05) is 37.2 Å². The molecule has 118 valence electrons. The van der Waals surface area contributed by atoms with E-state index in [-0.39, 0.29) is 25.4 Å². The molecule has 6 heteroatoms. The molecule has 2 rings (SSSR count). The normalized spacial score (nSPS) is 12.3. The molecule has 0 saturated heterocycles. The quantitative estimate of drug-likeness (QED) is 0.725. The Hall–Kier alpha value is -2.34. The van der Waals surface area contributed by atoms with Crippen LogP contribution in [0.2, 0.25) is 0 Å². The second-order valence-corrected chi connectivity index (χ2v) is 5.23. The van der Waals surface area contributed by atoms with Gasteiger partial charge in [0.2, 0.25) is 5.91 Å². The van der Waals surface area contributed by atoms with Gasteiger partial charge in [0.05, 0.1) is 6.42 Å². The highest BCUT2D eigenvalue weighted by molar-refractivity contribution is 5.92. The van der Waals surface area contributed by atoms with Crippen molar-refractivity contribution in [2.75, 3.05) is 13.7 Å². The third-order valence-electron chi connectivity index (χ3n) is 3.59. The number of hydrogen-bond donors (Lipinski definition) is 3. The number of benzene rings is 1. The number of H-pyrrole nitrogens is 1. The molecule has 1 aromatic carbocycles. The van der Waals surface area contributed by atoms with Crippen molar-refractivity contribution >= 4 is 22.8 Å². The van der Waals surface area contributed by atoms with Crippen LogP contribution in [0.5, 0.6) is 0 Å². The lowest BCUT2D eigenvalue weighted by molar-refractivity contribution is -0.142. The van der Waals surface area contributed by atoms with Gasteiger partial charge in [-0.15, -0.1) is 0 Å². The zero-order chi connectivity index (χ0) is 16.1. The lowest BCUT2D eigenvalue weighted by Gasteiger charge is -2.14. The lowest BCUT2D eigenvalue weighted by Crippen LogP contribution is -2.42. The number of hydrogen-bond acceptors (Lipinski definition) is 3. The third-order valence-corrected chi connectivity index (χ3v) is 3.59. The predicted molar refractivity (Wildman–Crippen MR) is 82.8 cm³/mol. The van der Waals surface area contributed by atoms with Crippen molar-refractivity contribution in [1.82, 2.24) is 10.3 Å². The van der Waals surface area contributed by atoms with E-state index in [0.29, 0.717) is 0 Å². The van der Waals surface area contributed by atoms with Gasteiger partial charge in [-0.3, -0.25) is 4.79 Å². The molecular formula is C16H20N2O4. The van der Waals surface area contributed by atoms with Gasteiger partial charge in [-0.2, -0.15) is 0 Å². The standard InChI is InChI=1S/C16H20N2O4/c1-10-4-3-5-12-15(10)11(9-17-12)8-14(19)18-13(16(20)21)6-7-22-2/h3-5,9,13,17H,6-8H2,1-2H3,(H,18,19)(H,20,21). The Labute approximate surface area is 128 Å². The Kier molecular flexibility index (Phi) is 5.16. The summed E-state index contributed by atoms with van der Waals surface area (Å²) in [6.45, 7) is 2.26. The average molecular weight is 304 g/mol. The van der Waals surface area contributed by atoms with Gasteiger partial charge in [0.1, 0.15) is 6.04 Å². The number of nitrogens with one attached hydrogen (secondary N) is 2. The first-order chi connectivity index (χ1) is 10.5. The number of carboxylic acid groups (broad SMARTS) is 1. The van der Waals surface area contributed by atoms with E-state index in [1.165, 1.54) is 7.11 Å². The van der Waals surface area contributed by atoms with E-state index < -0.39 is 12.0 Å². The van der Waals surface area contributed by atoms with Gasteiger partial charge in [-0.05, 0) is 24.1 Å². The van der Waals surface area contributed by atoms with E-state index in [1.807, 2.05) is 25.1 Å². The highest BCUT2D eigenvalue weighted by Crippen LogP contribution is 2.22. The number of carbonyl (C=O) groups is 2. The molecule has 0 spiro atoms. The van der Waals surface area contributed by atoms with E-state index >= 15 is 0 Å². The summed E-state index contributed by atoms with van der Waals surface area (Å²) in [6.07, 6.45) is 2.17. The van der Waals surface area contributed by atoms with Crippen LogP contribution in [-0.2, 0) is 20.7 Å². The summed E-state index contributed by atoms with van der Waals surface area (Å²) in [5, 5.41) is 12.7. The van der Waals surface area contributed by atoms with Gasteiger partial charge >= 0.3 is 5.97 Å². The predicted octanol–water partition coefficient (Wildman–Crippen LogP) is 1.62. The molecule has 6 nitrogen and oxygen atoms in total. The minimum atomic E-state index is -1.06. The highest BCUT2D eigenvalue weighted by Gasteiger charge is 2.20. The summed E-state index contributed by atoms with van der Waals surface area (Å²) in [5.41, 5.74) is 2.91. The van der Waals surface area contributed by atoms with Crippen LogP contribution in [0.1, 0.15) is 17.5 Å². The molecule has 1 aromatic heterocycles. The number of carbonyl (C=O) groups excluding carboxylic acids is 1. The van der Waals surface area contributed by atoms with Gasteiger partial charge in [-0.25, -0.2) is 4.79 Å². The van der Waals surface area contributed by atoms with Crippen molar-refractivity contribution in [3.63, 3.8) is 0 Å². The molecule has 0 aliphatic rings. The molecule has 0 saturated carbocycles. The second kappa shape index (κ2) is 7.09. The number of ether oxygens (including phenoxy) is 1. The van der Waals surface area contributed by atoms with Gasteiger partial charge in [0.25, 0.3) is 0 Å². The van der Waals surface area contributed by atoms with Crippen LogP contribution < -0.4 is 5.32 Å². The van der Waals surface area contributed by atoms with Crippen LogP contribution in [0.3, 0.4) is 0 Å². The van der Waals surface area contributed by atoms with Crippen LogP contribution in [-0.4, -0.2) is 41.7 Å². The van der Waals surface area contributed by atoms with Crippen molar-refractivity contribution in [3.8, 4) is 0 Å². The average Bonchev–Trinajstić information content (AvgIpc) is 2.87. The molecule has 1 amide bonds. The third kappa shape index (κ3) is 3.65. The number of aromatic nitrogens is 1. The number of aromatic amines is 1. The molecule has 2 aromatic rings. The largest absolute Gasteiger partial charge is 0.480 e. The zero-order valence-corrected chi connectivity index (χ0v) is 12.7. The van der Waals surface area contributed by atoms with Crippen LogP contribution in [0.15, 0.2) is 24.4 Å². The Morgan fingerprint density at radius 1 is 1.41 bits per heavy atom. The van der Waals surface area contributed by atoms with Gasteiger partial charge in [-0.1, -0.05) is 12.1 Å². The molecule has 0 fully saturated rings. The van der Waals surface area contributed by atoms with Crippen LogP contribution in [0, 0.1) is 6.92 Å². The Balaban J connectivity index is 2.08. The van der Waals surface area contributed by atoms with Crippen molar-refractivity contribution in [3.05, 3.63) is 35.5 Å². The summed E-state index contributed by atoms with van der Waals surface area (Å²) < 4.78 is 4.86. The Bertz CT molecular complexity index is 678. The molecule has 1 unspecified atom stereocenters. The summed E-state index contributed by atoms with van der Waals surface area (Å²) in [7, 11) is 1.50. The maximum atomic E-state index is 12.1. The first-order valence-electron chi connectivity index (χ1n) is 7.09. The summed E-state index contributed by atoms with van der Waals surface area (Å²) in [6, 6.07) is 4.95. The van der Waals surface area contributed by atoms with Crippen LogP contribution in [0.25, 0.3) is 10.9 Å².